The largest absolute Gasteiger partial charge is 0.480 e. The summed E-state index contributed by atoms with van der Waals surface area (Å²) in [5.41, 5.74) is 11.7. The van der Waals surface area contributed by atoms with Crippen LogP contribution in [0.5, 0.6) is 5.88 Å². The molecule has 1 aliphatic rings. The number of nitrogens with zero attached hydrogens (tertiary/aromatic N) is 6. The highest BCUT2D eigenvalue weighted by Gasteiger charge is 2.47. The summed E-state index contributed by atoms with van der Waals surface area (Å²) in [4.78, 5) is 96.0. The quantitative estimate of drug-likeness (QED) is 0.0179. The lowest BCUT2D eigenvalue weighted by Crippen LogP contribution is -2.49. The van der Waals surface area contributed by atoms with Crippen molar-refractivity contribution in [3.8, 4) is 34.2 Å². The zero-order valence-electron chi connectivity index (χ0n) is 51.1. The van der Waals surface area contributed by atoms with Gasteiger partial charge in [0.25, 0.3) is 11.8 Å². The van der Waals surface area contributed by atoms with E-state index in [0.717, 1.165) is 57.5 Å². The number of ether oxygens (including phenoxy) is 8. The van der Waals surface area contributed by atoms with Crippen LogP contribution < -0.4 is 31.7 Å². The Morgan fingerprint density at radius 2 is 1.40 bits per heavy atom. The molecule has 4 aromatic heterocycles. The van der Waals surface area contributed by atoms with Gasteiger partial charge in [-0.1, -0.05) is 47.1 Å². The lowest BCUT2D eigenvalue weighted by molar-refractivity contribution is -0.145. The summed E-state index contributed by atoms with van der Waals surface area (Å²) in [6, 6.07) is 15.4. The maximum absolute atomic E-state index is 13.8. The molecule has 29 heteroatoms. The van der Waals surface area contributed by atoms with Crippen molar-refractivity contribution < 1.29 is 75.4 Å². The normalized spacial score (nSPS) is 13.7. The van der Waals surface area contributed by atoms with E-state index in [1.54, 1.807) is 30.7 Å². The van der Waals surface area contributed by atoms with Crippen molar-refractivity contribution in [2.45, 2.75) is 83.0 Å². The summed E-state index contributed by atoms with van der Waals surface area (Å²) in [6.45, 7) is 5.66. The SMILES string of the molecule is CCCCOCCOCCOCCOCCOCCOCCNC(=O)C(CSSCCCC(=O)OCc1ccc(-c2ccnc3ccc(-c4cnc(OC)c(N)c4)cc23)cn1)NC(=O)CCC(=O)NCc1cc(C(=O)NCC(=O)N2CC(F)(F)C[C@H]2C#N)ccn1. The number of halogens is 2. The van der Waals surface area contributed by atoms with Gasteiger partial charge in [-0.15, -0.1) is 0 Å². The van der Waals surface area contributed by atoms with Crippen LogP contribution in [0.1, 0.15) is 73.6 Å². The van der Waals surface area contributed by atoms with Crippen molar-refractivity contribution in [1.82, 2.24) is 46.1 Å². The van der Waals surface area contributed by atoms with Crippen molar-refractivity contribution in [2.24, 2.45) is 0 Å². The lowest BCUT2D eigenvalue weighted by Gasteiger charge is -2.19. The van der Waals surface area contributed by atoms with Gasteiger partial charge in [-0.2, -0.15) is 5.26 Å². The first-order chi connectivity index (χ1) is 44.2. The van der Waals surface area contributed by atoms with Crippen molar-refractivity contribution in [1.29, 1.82) is 5.26 Å². The number of nitrogens with two attached hydrogens (primary N) is 1. The lowest BCUT2D eigenvalue weighted by atomic mass is 9.98. The van der Waals surface area contributed by atoms with Crippen LogP contribution in [0.3, 0.4) is 0 Å². The Bertz CT molecular complexity index is 3170. The molecule has 1 unspecified atom stereocenters. The number of likely N-dealkylation sites (tertiary alicyclic amines) is 1. The number of esters is 1. The van der Waals surface area contributed by atoms with E-state index in [1.807, 2.05) is 36.4 Å². The van der Waals surface area contributed by atoms with Crippen molar-refractivity contribution in [2.75, 3.05) is 123 Å². The molecule has 0 bridgehead atoms. The van der Waals surface area contributed by atoms with Crippen LogP contribution in [0.25, 0.3) is 33.2 Å². The van der Waals surface area contributed by atoms with Gasteiger partial charge in [0.05, 0.1) is 128 Å². The van der Waals surface area contributed by atoms with Gasteiger partial charge >= 0.3 is 5.97 Å². The molecule has 1 aliphatic heterocycles. The standard InChI is InChI=1S/C62H79F2N11O14S2/c1-3-4-18-83-20-22-85-24-26-87-28-29-88-27-25-86-23-21-84-19-17-69-60(81)54(74-56(77)12-11-55(76)71-38-48-31-44(13-15-67-48)59(80)72-39-57(78)75-42-62(63,64)34-49(75)35-65)41-91-90-30-5-6-58(79)89-40-47-9-7-45(36-70-47)50-14-16-68-53-10-8-43(32-51(50)53)46-33-52(66)61(82-2)73-37-46/h7-10,13-16,31-33,36-37,49,54H,3-6,11-12,17-30,34,38-42,66H2,1-2H3,(H,69,81)(H,71,76)(H,72,80)(H,74,77)/t49-,54?/m0/s1. The Labute approximate surface area is 535 Å². The zero-order chi connectivity index (χ0) is 65.1. The van der Waals surface area contributed by atoms with Crippen LogP contribution in [-0.4, -0.2) is 196 Å². The number of amides is 5. The summed E-state index contributed by atoms with van der Waals surface area (Å²) < 4.78 is 71.6. The number of carbonyl (C=O) groups excluding carboxylic acids is 6. The number of benzene rings is 1. The molecule has 6 N–H and O–H groups in total. The summed E-state index contributed by atoms with van der Waals surface area (Å²) in [5, 5.41) is 20.6. The number of nitriles is 1. The van der Waals surface area contributed by atoms with E-state index in [9.17, 15) is 42.8 Å². The first-order valence-corrected chi connectivity index (χ1v) is 32.3. The van der Waals surface area contributed by atoms with E-state index in [2.05, 4.69) is 48.1 Å². The molecule has 0 aliphatic carbocycles. The second-order valence-electron chi connectivity index (χ2n) is 20.5. The van der Waals surface area contributed by atoms with Crippen LogP contribution in [-0.2, 0) is 70.3 Å². The van der Waals surface area contributed by atoms with E-state index < -0.39 is 73.0 Å². The number of hydrogen-bond donors (Lipinski definition) is 5. The number of aromatic nitrogens is 4. The number of methoxy groups -OCH3 is 1. The van der Waals surface area contributed by atoms with Gasteiger partial charge in [0, 0.05) is 97.2 Å². The molecule has 492 valence electrons. The van der Waals surface area contributed by atoms with Crippen molar-refractivity contribution in [3.05, 3.63) is 96.3 Å². The minimum atomic E-state index is -3.21. The van der Waals surface area contributed by atoms with E-state index in [0.29, 0.717) is 88.9 Å². The highest BCUT2D eigenvalue weighted by molar-refractivity contribution is 8.76. The molecule has 91 heavy (non-hydrogen) atoms. The van der Waals surface area contributed by atoms with Crippen molar-refractivity contribution >= 4 is 73.7 Å². The number of alkyl halides is 2. The van der Waals surface area contributed by atoms with Crippen LogP contribution in [0.4, 0.5) is 14.5 Å². The Kier molecular flexibility index (Phi) is 32.0. The first-order valence-electron chi connectivity index (χ1n) is 29.8. The summed E-state index contributed by atoms with van der Waals surface area (Å²) in [7, 11) is 4.25. The van der Waals surface area contributed by atoms with Crippen LogP contribution in [0.15, 0.2) is 79.4 Å². The predicted molar refractivity (Wildman–Crippen MR) is 336 cm³/mol. The van der Waals surface area contributed by atoms with Crippen LogP contribution in [0.2, 0.25) is 0 Å². The molecule has 5 heterocycles. The van der Waals surface area contributed by atoms with Gasteiger partial charge in [0.15, 0.2) is 0 Å². The minimum absolute atomic E-state index is 0.0223. The van der Waals surface area contributed by atoms with Gasteiger partial charge < -0.3 is 69.8 Å². The maximum atomic E-state index is 13.8. The Hall–Kier alpha value is -7.69. The first kappa shape index (κ1) is 72.4. The van der Waals surface area contributed by atoms with Gasteiger partial charge in [0.2, 0.25) is 29.5 Å². The number of pyridine rings is 4. The van der Waals surface area contributed by atoms with Gasteiger partial charge in [-0.05, 0) is 66.4 Å². The minimum Gasteiger partial charge on any atom is -0.480 e. The molecule has 0 radical (unpaired) electrons. The van der Waals surface area contributed by atoms with Gasteiger partial charge in [-0.25, -0.2) is 13.8 Å². The topological polar surface area (TPSA) is 329 Å². The molecule has 1 fully saturated rings. The fraction of sp³-hybridized carbons (Fsp3) is 0.500. The number of anilines is 1. The number of fused-ring (bicyclic) bond motifs is 1. The molecule has 2 atom stereocenters. The van der Waals surface area contributed by atoms with Gasteiger partial charge in [-0.3, -0.25) is 43.7 Å². The molecular formula is C62H79F2N11O14S2. The summed E-state index contributed by atoms with van der Waals surface area (Å²) in [6.07, 6.45) is 7.89. The third kappa shape index (κ3) is 26.2. The predicted octanol–water partition coefficient (Wildman–Crippen LogP) is 5.64. The van der Waals surface area contributed by atoms with E-state index in [-0.39, 0.29) is 69.2 Å². The molecule has 0 spiro atoms. The third-order valence-electron chi connectivity index (χ3n) is 13.6. The average Bonchev–Trinajstić information content (AvgIpc) is 1.51. The fourth-order valence-electron chi connectivity index (χ4n) is 8.76. The Morgan fingerprint density at radius 3 is 2.07 bits per heavy atom. The van der Waals surface area contributed by atoms with Crippen LogP contribution >= 0.6 is 21.6 Å². The summed E-state index contributed by atoms with van der Waals surface area (Å²) >= 11 is 0. The number of nitrogens with one attached hydrogen (secondary N) is 4. The third-order valence-corrected chi connectivity index (χ3v) is 16.1. The van der Waals surface area contributed by atoms with E-state index >= 15 is 0 Å². The molecule has 1 saturated heterocycles. The number of carbonyl (C=O) groups is 6. The molecule has 0 saturated carbocycles. The Morgan fingerprint density at radius 1 is 0.725 bits per heavy atom. The number of unbranched alkanes of at least 4 members (excludes halogenated alkanes) is 1. The molecule has 1 aromatic carbocycles. The highest BCUT2D eigenvalue weighted by atomic mass is 33.1. The summed E-state index contributed by atoms with van der Waals surface area (Å²) in [5.74, 6) is -5.71. The average molecular weight is 1300 g/mol. The van der Waals surface area contributed by atoms with Gasteiger partial charge in [0.1, 0.15) is 18.7 Å². The molecular weight excluding hydrogens is 1220 g/mol. The van der Waals surface area contributed by atoms with E-state index in [1.165, 1.54) is 47.0 Å². The molecule has 5 aromatic rings. The molecule has 5 amide bonds. The molecule has 6 rings (SSSR count). The molecule has 25 nitrogen and oxygen atoms in total. The number of nitrogen functional groups attached to an aromatic ring is 1. The van der Waals surface area contributed by atoms with Crippen LogP contribution in [0, 0.1) is 11.3 Å². The monoisotopic (exact) mass is 1300 g/mol. The zero-order valence-corrected chi connectivity index (χ0v) is 52.7. The Balaban J connectivity index is 0.889. The smallest absolute Gasteiger partial charge is 0.306 e. The second kappa shape index (κ2) is 40.2. The second-order valence-corrected chi connectivity index (χ2v) is 23.1. The number of hydrogen-bond acceptors (Lipinski definition) is 22. The maximum Gasteiger partial charge on any atom is 0.306 e. The fourth-order valence-corrected chi connectivity index (χ4v) is 11.0. The van der Waals surface area contributed by atoms with E-state index in [4.69, 9.17) is 43.6 Å². The number of rotatable bonds is 43. The van der Waals surface area contributed by atoms with Crippen molar-refractivity contribution in [3.63, 3.8) is 0 Å². The highest BCUT2D eigenvalue weighted by Crippen LogP contribution is 2.34.